The van der Waals surface area contributed by atoms with Crippen molar-refractivity contribution in [2.75, 3.05) is 11.9 Å². The SMILES string of the molecule is CN(c1cc(Br)cc(C#N)c1)C1CCC(C)(C)CC1. The van der Waals surface area contributed by atoms with Crippen LogP contribution in [-0.2, 0) is 0 Å². The molecule has 19 heavy (non-hydrogen) atoms. The molecule has 0 bridgehead atoms. The maximum atomic E-state index is 9.06. The monoisotopic (exact) mass is 320 g/mol. The van der Waals surface area contributed by atoms with Gasteiger partial charge in [0.25, 0.3) is 0 Å². The summed E-state index contributed by atoms with van der Waals surface area (Å²) in [6.45, 7) is 4.71. The third-order valence-electron chi connectivity index (χ3n) is 4.28. The van der Waals surface area contributed by atoms with E-state index < -0.39 is 0 Å². The number of nitrogens with zero attached hydrogens (tertiary/aromatic N) is 2. The highest BCUT2D eigenvalue weighted by Gasteiger charge is 2.29. The van der Waals surface area contributed by atoms with Crippen molar-refractivity contribution in [3.63, 3.8) is 0 Å². The number of nitriles is 1. The first-order valence-corrected chi connectivity index (χ1v) is 7.64. The van der Waals surface area contributed by atoms with Crippen molar-refractivity contribution in [2.24, 2.45) is 5.41 Å². The maximum Gasteiger partial charge on any atom is 0.0992 e. The van der Waals surface area contributed by atoms with Crippen molar-refractivity contribution in [2.45, 2.75) is 45.6 Å². The average molecular weight is 321 g/mol. The lowest BCUT2D eigenvalue weighted by Gasteiger charge is -2.39. The van der Waals surface area contributed by atoms with Crippen molar-refractivity contribution in [1.29, 1.82) is 5.26 Å². The third kappa shape index (κ3) is 3.51. The van der Waals surface area contributed by atoms with Gasteiger partial charge in [0.2, 0.25) is 0 Å². The van der Waals surface area contributed by atoms with Gasteiger partial charge in [-0.2, -0.15) is 5.26 Å². The Labute approximate surface area is 124 Å². The molecule has 1 aromatic carbocycles. The van der Waals surface area contributed by atoms with Gasteiger partial charge in [-0.25, -0.2) is 0 Å². The fourth-order valence-electron chi connectivity index (χ4n) is 2.82. The van der Waals surface area contributed by atoms with E-state index >= 15 is 0 Å². The molecule has 0 N–H and O–H groups in total. The molecule has 1 fully saturated rings. The lowest BCUT2D eigenvalue weighted by atomic mass is 9.75. The summed E-state index contributed by atoms with van der Waals surface area (Å²) in [4.78, 5) is 2.33. The predicted molar refractivity (Wildman–Crippen MR) is 83.3 cm³/mol. The molecule has 1 saturated carbocycles. The summed E-state index contributed by atoms with van der Waals surface area (Å²) in [6.07, 6.45) is 5.03. The van der Waals surface area contributed by atoms with Crippen LogP contribution in [0.15, 0.2) is 22.7 Å². The first kappa shape index (κ1) is 14.4. The van der Waals surface area contributed by atoms with E-state index in [1.807, 2.05) is 12.1 Å². The Balaban J connectivity index is 2.14. The summed E-state index contributed by atoms with van der Waals surface area (Å²) < 4.78 is 0.976. The molecule has 3 heteroatoms. The molecule has 0 aliphatic heterocycles. The van der Waals surface area contributed by atoms with E-state index in [1.165, 1.54) is 25.7 Å². The van der Waals surface area contributed by atoms with Crippen LogP contribution in [0.2, 0.25) is 0 Å². The van der Waals surface area contributed by atoms with Gasteiger partial charge in [0, 0.05) is 23.2 Å². The Morgan fingerprint density at radius 1 is 1.26 bits per heavy atom. The first-order valence-electron chi connectivity index (χ1n) is 6.85. The number of anilines is 1. The Morgan fingerprint density at radius 3 is 2.47 bits per heavy atom. The van der Waals surface area contributed by atoms with Gasteiger partial charge < -0.3 is 4.90 Å². The van der Waals surface area contributed by atoms with E-state index in [2.05, 4.69) is 53.9 Å². The molecule has 0 atom stereocenters. The zero-order valence-corrected chi connectivity index (χ0v) is 13.5. The van der Waals surface area contributed by atoms with E-state index in [1.54, 1.807) is 0 Å². The minimum absolute atomic E-state index is 0.492. The smallest absolute Gasteiger partial charge is 0.0992 e. The minimum Gasteiger partial charge on any atom is -0.372 e. The van der Waals surface area contributed by atoms with Crippen LogP contribution in [0.25, 0.3) is 0 Å². The second kappa shape index (κ2) is 5.54. The van der Waals surface area contributed by atoms with Crippen LogP contribution in [0.5, 0.6) is 0 Å². The summed E-state index contributed by atoms with van der Waals surface area (Å²) >= 11 is 3.49. The van der Waals surface area contributed by atoms with Gasteiger partial charge in [-0.05, 0) is 49.3 Å². The Kier molecular flexibility index (Phi) is 4.20. The second-order valence-corrected chi connectivity index (χ2v) is 7.23. The fourth-order valence-corrected chi connectivity index (χ4v) is 3.31. The molecule has 1 aliphatic carbocycles. The molecule has 1 aliphatic rings. The zero-order valence-electron chi connectivity index (χ0n) is 11.9. The molecule has 0 amide bonds. The Bertz CT molecular complexity index is 492. The Morgan fingerprint density at radius 2 is 1.89 bits per heavy atom. The number of hydrogen-bond donors (Lipinski definition) is 0. The van der Waals surface area contributed by atoms with Gasteiger partial charge >= 0.3 is 0 Å². The van der Waals surface area contributed by atoms with Gasteiger partial charge in [0.1, 0.15) is 0 Å². The van der Waals surface area contributed by atoms with Crippen molar-refractivity contribution in [3.8, 4) is 6.07 Å². The van der Waals surface area contributed by atoms with Gasteiger partial charge in [-0.15, -0.1) is 0 Å². The van der Waals surface area contributed by atoms with Gasteiger partial charge in [-0.3, -0.25) is 0 Å². The Hall–Kier alpha value is -1.01. The van der Waals surface area contributed by atoms with E-state index in [-0.39, 0.29) is 0 Å². The van der Waals surface area contributed by atoms with E-state index in [0.29, 0.717) is 17.0 Å². The van der Waals surface area contributed by atoms with Crippen LogP contribution < -0.4 is 4.90 Å². The standard InChI is InChI=1S/C16H21BrN2/c1-16(2)6-4-14(5-7-16)19(3)15-9-12(11-18)8-13(17)10-15/h8-10,14H,4-7H2,1-3H3. The van der Waals surface area contributed by atoms with Crippen LogP contribution in [0, 0.1) is 16.7 Å². The highest BCUT2D eigenvalue weighted by atomic mass is 79.9. The number of rotatable bonds is 2. The van der Waals surface area contributed by atoms with E-state index in [9.17, 15) is 0 Å². The van der Waals surface area contributed by atoms with Crippen LogP contribution in [0.1, 0.15) is 45.1 Å². The van der Waals surface area contributed by atoms with Crippen LogP contribution in [0.3, 0.4) is 0 Å². The fraction of sp³-hybridized carbons (Fsp3) is 0.562. The largest absolute Gasteiger partial charge is 0.372 e. The molecule has 0 heterocycles. The molecule has 0 unspecified atom stereocenters. The van der Waals surface area contributed by atoms with Crippen LogP contribution in [0.4, 0.5) is 5.69 Å². The lowest BCUT2D eigenvalue weighted by molar-refractivity contribution is 0.222. The average Bonchev–Trinajstić information content (AvgIpc) is 2.37. The lowest BCUT2D eigenvalue weighted by Crippen LogP contribution is -2.37. The summed E-state index contributed by atoms with van der Waals surface area (Å²) in [5.74, 6) is 0. The first-order chi connectivity index (χ1) is 8.91. The molecule has 0 saturated heterocycles. The molecular formula is C16H21BrN2. The molecule has 102 valence electrons. The van der Waals surface area contributed by atoms with Crippen molar-refractivity contribution >= 4 is 21.6 Å². The minimum atomic E-state index is 0.492. The molecule has 0 spiro atoms. The summed E-state index contributed by atoms with van der Waals surface area (Å²) in [7, 11) is 2.14. The molecule has 2 nitrogen and oxygen atoms in total. The normalized spacial score (nSPS) is 18.9. The third-order valence-corrected chi connectivity index (χ3v) is 4.73. The number of benzene rings is 1. The van der Waals surface area contributed by atoms with Crippen LogP contribution >= 0.6 is 15.9 Å². The molecule has 0 radical (unpaired) electrons. The van der Waals surface area contributed by atoms with Crippen molar-refractivity contribution < 1.29 is 0 Å². The molecular weight excluding hydrogens is 300 g/mol. The van der Waals surface area contributed by atoms with Gasteiger partial charge in [-0.1, -0.05) is 29.8 Å². The van der Waals surface area contributed by atoms with Crippen molar-refractivity contribution in [3.05, 3.63) is 28.2 Å². The second-order valence-electron chi connectivity index (χ2n) is 6.32. The molecule has 2 rings (SSSR count). The predicted octanol–water partition coefficient (Wildman–Crippen LogP) is 4.73. The maximum absolute atomic E-state index is 9.06. The van der Waals surface area contributed by atoms with Crippen molar-refractivity contribution in [1.82, 2.24) is 0 Å². The summed E-state index contributed by atoms with van der Waals surface area (Å²) in [6, 6.07) is 8.75. The molecule has 0 aromatic heterocycles. The van der Waals surface area contributed by atoms with E-state index in [4.69, 9.17) is 5.26 Å². The quantitative estimate of drug-likeness (QED) is 0.787. The number of hydrogen-bond acceptors (Lipinski definition) is 2. The highest BCUT2D eigenvalue weighted by molar-refractivity contribution is 9.10. The number of halogens is 1. The van der Waals surface area contributed by atoms with Gasteiger partial charge in [0.05, 0.1) is 11.6 Å². The zero-order chi connectivity index (χ0) is 14.0. The summed E-state index contributed by atoms with van der Waals surface area (Å²) in [5.41, 5.74) is 2.34. The highest BCUT2D eigenvalue weighted by Crippen LogP contribution is 2.38. The molecule has 1 aromatic rings. The topological polar surface area (TPSA) is 27.0 Å². The van der Waals surface area contributed by atoms with Gasteiger partial charge in [0.15, 0.2) is 0 Å². The van der Waals surface area contributed by atoms with E-state index in [0.717, 1.165) is 10.2 Å². The summed E-state index contributed by atoms with van der Waals surface area (Å²) in [5, 5.41) is 9.06. The van der Waals surface area contributed by atoms with Crippen LogP contribution in [-0.4, -0.2) is 13.1 Å².